The third-order valence-electron chi connectivity index (χ3n) is 13.3. The Hall–Kier alpha value is -4.82. The molecule has 67 heavy (non-hydrogen) atoms. The fourth-order valence-electron chi connectivity index (χ4n) is 8.93. The van der Waals surface area contributed by atoms with Gasteiger partial charge in [0, 0.05) is 62.5 Å². The number of benzene rings is 2. The van der Waals surface area contributed by atoms with Crippen LogP contribution in [0.15, 0.2) is 60.7 Å². The first kappa shape index (κ1) is 56.5. The molecular weight excluding hydrogens is 845 g/mol. The molecule has 0 spiro atoms. The number of para-hydroxylation sites is 2. The molecule has 2 aromatic carbocycles. The quantitative estimate of drug-likeness (QED) is 0.0861. The summed E-state index contributed by atoms with van der Waals surface area (Å²) in [6.45, 7) is 17.2. The molecule has 6 atom stereocenters. The van der Waals surface area contributed by atoms with Crippen LogP contribution in [0.3, 0.4) is 0 Å². The average Bonchev–Trinajstić information content (AvgIpc) is 3.97. The zero-order valence-corrected chi connectivity index (χ0v) is 41.8. The summed E-state index contributed by atoms with van der Waals surface area (Å²) in [5.41, 5.74) is 0.602. The van der Waals surface area contributed by atoms with Crippen molar-refractivity contribution < 1.29 is 28.8 Å². The molecule has 2 aliphatic heterocycles. The molecule has 374 valence electrons. The molecule has 14 heteroatoms. The molecule has 6 amide bonds. The van der Waals surface area contributed by atoms with E-state index in [2.05, 4.69) is 21.3 Å². The SMILES string of the molecule is C.CN[C@@H](C)C(=O)N[C@H](C(=O)N1CCC[C@H]1CN(C(=O)CCCCCCCCC(=O)N(C[C@@H]1CCCN1C(=O)[C@@H](NC(=O)[C@H](C)NC)C(C)(C)C)c1ccccc1)c1ccccc1)C(C)(C)C. The Morgan fingerprint density at radius 2 is 0.896 bits per heavy atom. The van der Waals surface area contributed by atoms with E-state index >= 15 is 0 Å². The van der Waals surface area contributed by atoms with E-state index in [0.717, 1.165) is 75.6 Å². The third-order valence-corrected chi connectivity index (χ3v) is 13.3. The summed E-state index contributed by atoms with van der Waals surface area (Å²) < 4.78 is 0. The minimum atomic E-state index is -0.704. The highest BCUT2D eigenvalue weighted by Gasteiger charge is 2.42. The van der Waals surface area contributed by atoms with E-state index in [-0.39, 0.29) is 55.0 Å². The van der Waals surface area contributed by atoms with E-state index in [4.69, 9.17) is 0 Å². The molecule has 0 saturated carbocycles. The van der Waals surface area contributed by atoms with E-state index < -0.39 is 35.0 Å². The topological polar surface area (TPSA) is 163 Å². The van der Waals surface area contributed by atoms with Crippen LogP contribution in [0.4, 0.5) is 11.4 Å². The van der Waals surface area contributed by atoms with Crippen molar-refractivity contribution in [3.8, 4) is 0 Å². The van der Waals surface area contributed by atoms with Crippen LogP contribution in [0, 0.1) is 10.8 Å². The second kappa shape index (κ2) is 26.7. The third kappa shape index (κ3) is 16.4. The fourth-order valence-corrected chi connectivity index (χ4v) is 8.93. The van der Waals surface area contributed by atoms with Crippen molar-refractivity contribution in [1.29, 1.82) is 0 Å². The van der Waals surface area contributed by atoms with Gasteiger partial charge in [-0.1, -0.05) is 111 Å². The van der Waals surface area contributed by atoms with Crippen molar-refractivity contribution >= 4 is 46.8 Å². The molecule has 2 aromatic rings. The Morgan fingerprint density at radius 1 is 0.567 bits per heavy atom. The molecule has 2 saturated heterocycles. The number of unbranched alkanes of at least 4 members (excludes halogenated alkanes) is 5. The normalized spacial score (nSPS) is 18.0. The molecule has 0 bridgehead atoms. The summed E-state index contributed by atoms with van der Waals surface area (Å²) >= 11 is 0. The van der Waals surface area contributed by atoms with Gasteiger partial charge < -0.3 is 40.9 Å². The smallest absolute Gasteiger partial charge is 0.246 e. The van der Waals surface area contributed by atoms with Crippen LogP contribution in [-0.2, 0) is 28.8 Å². The van der Waals surface area contributed by atoms with Gasteiger partial charge >= 0.3 is 0 Å². The lowest BCUT2D eigenvalue weighted by molar-refractivity contribution is -0.140. The summed E-state index contributed by atoms with van der Waals surface area (Å²) in [6, 6.07) is 16.7. The van der Waals surface area contributed by atoms with Crippen molar-refractivity contribution in [2.75, 3.05) is 50.1 Å². The van der Waals surface area contributed by atoms with Crippen LogP contribution in [0.5, 0.6) is 0 Å². The number of likely N-dealkylation sites (N-methyl/N-ethyl adjacent to an activating group) is 2. The maximum absolute atomic E-state index is 14.1. The highest BCUT2D eigenvalue weighted by atomic mass is 16.2. The molecule has 0 aliphatic carbocycles. The number of carbonyl (C=O) groups is 6. The van der Waals surface area contributed by atoms with Crippen molar-refractivity contribution in [3.63, 3.8) is 0 Å². The Balaban J connectivity index is 0.0000119. The predicted octanol–water partition coefficient (Wildman–Crippen LogP) is 7.07. The lowest BCUT2D eigenvalue weighted by atomic mass is 9.85. The molecule has 0 aromatic heterocycles. The number of likely N-dealkylation sites (tertiary alicyclic amines) is 2. The molecule has 4 rings (SSSR count). The molecule has 2 heterocycles. The Morgan fingerprint density at radius 3 is 1.21 bits per heavy atom. The molecule has 2 fully saturated rings. The highest BCUT2D eigenvalue weighted by molar-refractivity contribution is 5.95. The second-order valence-corrected chi connectivity index (χ2v) is 20.6. The number of nitrogens with zero attached hydrogens (tertiary/aromatic N) is 4. The molecule has 4 N–H and O–H groups in total. The molecule has 0 unspecified atom stereocenters. The molecule has 14 nitrogen and oxygen atoms in total. The highest BCUT2D eigenvalue weighted by Crippen LogP contribution is 2.30. The van der Waals surface area contributed by atoms with Crippen molar-refractivity contribution in [2.45, 2.75) is 176 Å². The minimum absolute atomic E-state index is 0. The van der Waals surface area contributed by atoms with Crippen molar-refractivity contribution in [1.82, 2.24) is 31.1 Å². The first-order chi connectivity index (χ1) is 31.3. The van der Waals surface area contributed by atoms with Crippen LogP contribution in [-0.4, -0.2) is 122 Å². The van der Waals surface area contributed by atoms with Gasteiger partial charge in [0.15, 0.2) is 0 Å². The van der Waals surface area contributed by atoms with Crippen molar-refractivity contribution in [2.24, 2.45) is 10.8 Å². The first-order valence-corrected chi connectivity index (χ1v) is 24.6. The lowest BCUT2D eigenvalue weighted by Gasteiger charge is -2.37. The van der Waals surface area contributed by atoms with Crippen LogP contribution >= 0.6 is 0 Å². The number of nitrogens with one attached hydrogen (secondary N) is 4. The Bertz CT molecular complexity index is 1750. The van der Waals surface area contributed by atoms with Gasteiger partial charge in [0.2, 0.25) is 35.4 Å². The monoisotopic (exact) mass is 931 g/mol. The number of anilines is 2. The van der Waals surface area contributed by atoms with Gasteiger partial charge in [0.25, 0.3) is 0 Å². The first-order valence-electron chi connectivity index (χ1n) is 24.6. The van der Waals surface area contributed by atoms with Gasteiger partial charge in [-0.15, -0.1) is 0 Å². The Labute approximate surface area is 403 Å². The van der Waals surface area contributed by atoms with Gasteiger partial charge in [-0.05, 0) is 102 Å². The standard InChI is InChI=1S/C52H82N8O6.CH4/c1-37(53-9)47(63)55-45(51(3,4)5)49(65)57-33-23-29-41(57)35-59(39-25-17-15-18-26-39)43(61)31-21-13-11-12-14-22-32-44(62)60(40-27-19-16-20-28-40)36-42-30-24-34-58(42)50(66)46(52(6,7)8)56-48(64)38(2)54-10;/h15-20,25-28,37-38,41-42,45-46,53-54H,11-14,21-24,29-36H2,1-10H3,(H,55,63)(H,56,64);1H4/t37-,38-,41-,42-,45+,46+;/m0./s1. The zero-order chi connectivity index (χ0) is 48.6. The van der Waals surface area contributed by atoms with Crippen LogP contribution < -0.4 is 31.1 Å². The summed E-state index contributed by atoms with van der Waals surface area (Å²) in [4.78, 5) is 89.4. The number of rotatable bonds is 23. The van der Waals surface area contributed by atoms with Crippen LogP contribution in [0.1, 0.15) is 140 Å². The van der Waals surface area contributed by atoms with Gasteiger partial charge in [-0.3, -0.25) is 28.8 Å². The maximum atomic E-state index is 14.1. The average molecular weight is 931 g/mol. The van der Waals surface area contributed by atoms with Gasteiger partial charge in [0.1, 0.15) is 12.1 Å². The van der Waals surface area contributed by atoms with E-state index in [0.29, 0.717) is 39.0 Å². The second-order valence-electron chi connectivity index (χ2n) is 20.6. The molecular formula is C53H86N8O6. The maximum Gasteiger partial charge on any atom is 0.246 e. The van der Waals surface area contributed by atoms with Crippen molar-refractivity contribution in [3.05, 3.63) is 60.7 Å². The fraction of sp³-hybridized carbons (Fsp3) is 0.660. The zero-order valence-electron chi connectivity index (χ0n) is 41.8. The van der Waals surface area contributed by atoms with Crippen LogP contribution in [0.2, 0.25) is 0 Å². The van der Waals surface area contributed by atoms with E-state index in [1.54, 1.807) is 27.9 Å². The lowest BCUT2D eigenvalue weighted by Crippen LogP contribution is -2.59. The van der Waals surface area contributed by atoms with E-state index in [9.17, 15) is 28.8 Å². The largest absolute Gasteiger partial charge is 0.342 e. The molecule has 2 aliphatic rings. The number of hydrogen-bond acceptors (Lipinski definition) is 8. The van der Waals surface area contributed by atoms with Gasteiger partial charge in [0.05, 0.1) is 12.1 Å². The summed E-state index contributed by atoms with van der Waals surface area (Å²) in [7, 11) is 3.44. The Kier molecular flexibility index (Phi) is 22.5. The molecule has 0 radical (unpaired) electrons. The minimum Gasteiger partial charge on any atom is -0.342 e. The van der Waals surface area contributed by atoms with Crippen LogP contribution in [0.25, 0.3) is 0 Å². The number of carbonyl (C=O) groups excluding carboxylic acids is 6. The van der Waals surface area contributed by atoms with Gasteiger partial charge in [-0.2, -0.15) is 0 Å². The number of hydrogen-bond donors (Lipinski definition) is 4. The summed E-state index contributed by atoms with van der Waals surface area (Å²) in [5.74, 6) is -0.620. The summed E-state index contributed by atoms with van der Waals surface area (Å²) in [5, 5.41) is 11.9. The predicted molar refractivity (Wildman–Crippen MR) is 271 cm³/mol. The van der Waals surface area contributed by atoms with E-state index in [1.165, 1.54) is 0 Å². The van der Waals surface area contributed by atoms with Gasteiger partial charge in [-0.25, -0.2) is 0 Å². The van der Waals surface area contributed by atoms with E-state index in [1.807, 2.05) is 122 Å². The summed E-state index contributed by atoms with van der Waals surface area (Å²) in [6.07, 6.45) is 9.15. The number of amides is 6.